The van der Waals surface area contributed by atoms with Crippen LogP contribution in [0.4, 0.5) is 25.1 Å². The van der Waals surface area contributed by atoms with E-state index in [-0.39, 0.29) is 30.5 Å². The number of hydrogen-bond acceptors (Lipinski definition) is 7. The second-order valence-corrected chi connectivity index (χ2v) is 9.87. The minimum Gasteiger partial charge on any atom is -0.349 e. The highest BCUT2D eigenvalue weighted by Crippen LogP contribution is 2.37. The van der Waals surface area contributed by atoms with Crippen LogP contribution in [-0.2, 0) is 9.59 Å². The maximum atomic E-state index is 14.5. The summed E-state index contributed by atoms with van der Waals surface area (Å²) in [5.41, 5.74) is 0.0458. The summed E-state index contributed by atoms with van der Waals surface area (Å²) in [5.74, 6) is -1.16. The average Bonchev–Trinajstić information content (AvgIpc) is 3.62. The molecule has 198 valence electrons. The smallest absolute Gasteiger partial charge is 0.322 e. The predicted octanol–water partition coefficient (Wildman–Crippen LogP) is 1.96. The van der Waals surface area contributed by atoms with Gasteiger partial charge in [0, 0.05) is 44.4 Å². The number of urea groups is 1. The molecule has 1 spiro atoms. The third-order valence-electron chi connectivity index (χ3n) is 7.52. The summed E-state index contributed by atoms with van der Waals surface area (Å²) in [6, 6.07) is 4.43. The van der Waals surface area contributed by atoms with Gasteiger partial charge in [-0.15, -0.1) is 0 Å². The van der Waals surface area contributed by atoms with Gasteiger partial charge in [-0.2, -0.15) is 5.10 Å². The number of anilines is 2. The van der Waals surface area contributed by atoms with Gasteiger partial charge in [-0.1, -0.05) is 0 Å². The topological polar surface area (TPSA) is 124 Å². The van der Waals surface area contributed by atoms with Crippen molar-refractivity contribution in [2.24, 2.45) is 0 Å². The van der Waals surface area contributed by atoms with Crippen molar-refractivity contribution in [1.82, 2.24) is 30.1 Å². The van der Waals surface area contributed by atoms with Gasteiger partial charge in [-0.3, -0.25) is 14.9 Å². The van der Waals surface area contributed by atoms with Gasteiger partial charge in [-0.05, 0) is 43.5 Å². The third kappa shape index (κ3) is 4.22. The molecule has 13 heteroatoms. The number of nitrogens with zero attached hydrogens (tertiary/aromatic N) is 5. The van der Waals surface area contributed by atoms with Gasteiger partial charge in [-0.25, -0.2) is 23.1 Å². The van der Waals surface area contributed by atoms with Gasteiger partial charge in [0.15, 0.2) is 5.65 Å². The van der Waals surface area contributed by atoms with Crippen molar-refractivity contribution >= 4 is 35.0 Å². The number of fused-ring (bicyclic) bond motifs is 1. The molecule has 3 N–H and O–H groups in total. The maximum Gasteiger partial charge on any atom is 0.322 e. The standard InChI is InChI=1S/C25H26F2N8O3/c26-15-3-4-17(27)16(12-15)19-2-1-9-34(19)20-6-10-35-22(31-20)18(13-29-35)30-24(38)33-11-7-25(14-33)23(37)32-21(36)5-8-28-25/h3-4,6,10,12-13,19,28H,1-2,5,7-9,11,14H2,(H,30,38)(H,32,36,37)/t19-,25?/m1/s1. The zero-order valence-electron chi connectivity index (χ0n) is 20.4. The SMILES string of the molecule is O=C1CCNC2(CCN(C(=O)Nc3cnn4ccc(N5CCC[C@@H]5c5cc(F)ccc5F)nc34)C2)C(=O)N1. The number of likely N-dealkylation sites (tertiary alicyclic amines) is 1. The first-order valence-electron chi connectivity index (χ1n) is 12.5. The molecule has 1 unspecified atom stereocenters. The molecule has 2 atom stereocenters. The highest BCUT2D eigenvalue weighted by molar-refractivity contribution is 6.02. The van der Waals surface area contributed by atoms with Crippen molar-refractivity contribution < 1.29 is 23.2 Å². The van der Waals surface area contributed by atoms with Crippen molar-refractivity contribution in [3.05, 3.63) is 53.9 Å². The number of carbonyl (C=O) groups excluding carboxylic acids is 3. The summed E-state index contributed by atoms with van der Waals surface area (Å²) in [6.45, 7) is 1.41. The molecule has 3 saturated heterocycles. The molecule has 11 nitrogen and oxygen atoms in total. The Balaban J connectivity index is 1.22. The Morgan fingerprint density at radius 3 is 2.92 bits per heavy atom. The number of imide groups is 1. The minimum absolute atomic E-state index is 0.116. The van der Waals surface area contributed by atoms with Crippen molar-refractivity contribution in [2.45, 2.75) is 37.3 Å². The quantitative estimate of drug-likeness (QED) is 0.448. The van der Waals surface area contributed by atoms with Crippen molar-refractivity contribution in [2.75, 3.05) is 36.4 Å². The molecule has 0 bridgehead atoms. The van der Waals surface area contributed by atoms with E-state index in [1.54, 1.807) is 12.3 Å². The highest BCUT2D eigenvalue weighted by Gasteiger charge is 2.47. The number of nitrogens with one attached hydrogen (secondary N) is 3. The molecule has 3 fully saturated rings. The van der Waals surface area contributed by atoms with Gasteiger partial charge in [0.1, 0.15) is 28.7 Å². The summed E-state index contributed by atoms with van der Waals surface area (Å²) in [6.07, 6.45) is 5.20. The number of hydrogen-bond donors (Lipinski definition) is 3. The van der Waals surface area contributed by atoms with Crippen LogP contribution in [0.25, 0.3) is 5.65 Å². The molecule has 2 aromatic heterocycles. The van der Waals surface area contributed by atoms with Crippen molar-refractivity contribution in [1.29, 1.82) is 0 Å². The molecule has 6 rings (SSSR count). The van der Waals surface area contributed by atoms with E-state index in [4.69, 9.17) is 4.98 Å². The Morgan fingerprint density at radius 1 is 1.18 bits per heavy atom. The molecule has 0 aliphatic carbocycles. The molecule has 38 heavy (non-hydrogen) atoms. The van der Waals surface area contributed by atoms with E-state index >= 15 is 0 Å². The van der Waals surface area contributed by atoms with Gasteiger partial charge >= 0.3 is 6.03 Å². The van der Waals surface area contributed by atoms with E-state index in [0.717, 1.165) is 18.6 Å². The lowest BCUT2D eigenvalue weighted by molar-refractivity contribution is -0.132. The molecular weight excluding hydrogens is 498 g/mol. The van der Waals surface area contributed by atoms with E-state index in [2.05, 4.69) is 21.0 Å². The zero-order valence-corrected chi connectivity index (χ0v) is 20.4. The average molecular weight is 525 g/mol. The van der Waals surface area contributed by atoms with Crippen LogP contribution in [-0.4, -0.2) is 69.1 Å². The number of halogens is 2. The zero-order chi connectivity index (χ0) is 26.4. The lowest BCUT2D eigenvalue weighted by Crippen LogP contribution is -2.57. The first kappa shape index (κ1) is 24.2. The normalized spacial score (nSPS) is 23.8. The third-order valence-corrected chi connectivity index (χ3v) is 7.52. The van der Waals surface area contributed by atoms with Crippen LogP contribution in [0.5, 0.6) is 0 Å². The molecule has 1 aromatic carbocycles. The highest BCUT2D eigenvalue weighted by atomic mass is 19.1. The van der Waals surface area contributed by atoms with Crippen LogP contribution in [0.3, 0.4) is 0 Å². The molecule has 5 heterocycles. The first-order chi connectivity index (χ1) is 18.3. The van der Waals surface area contributed by atoms with Crippen molar-refractivity contribution in [3.8, 4) is 0 Å². The Kier molecular flexibility index (Phi) is 5.94. The van der Waals surface area contributed by atoms with Crippen LogP contribution in [0.2, 0.25) is 0 Å². The number of rotatable bonds is 3. The Morgan fingerprint density at radius 2 is 2.05 bits per heavy atom. The summed E-state index contributed by atoms with van der Waals surface area (Å²) >= 11 is 0. The lowest BCUT2D eigenvalue weighted by atomic mass is 9.98. The van der Waals surface area contributed by atoms with Crippen molar-refractivity contribution in [3.63, 3.8) is 0 Å². The van der Waals surface area contributed by atoms with Crippen LogP contribution in [0.1, 0.15) is 37.3 Å². The van der Waals surface area contributed by atoms with E-state index in [1.807, 2.05) is 4.90 Å². The fourth-order valence-electron chi connectivity index (χ4n) is 5.55. The lowest BCUT2D eigenvalue weighted by Gasteiger charge is -2.27. The Labute approximate surface area is 216 Å². The number of carbonyl (C=O) groups is 3. The Hall–Kier alpha value is -4.13. The molecular formula is C25H26F2N8O3. The monoisotopic (exact) mass is 524 g/mol. The second-order valence-electron chi connectivity index (χ2n) is 9.87. The number of benzene rings is 1. The van der Waals surface area contributed by atoms with E-state index in [0.29, 0.717) is 49.6 Å². The largest absolute Gasteiger partial charge is 0.349 e. The fourth-order valence-corrected chi connectivity index (χ4v) is 5.55. The predicted molar refractivity (Wildman–Crippen MR) is 132 cm³/mol. The molecule has 3 aliphatic rings. The van der Waals surface area contributed by atoms with Crippen LogP contribution in [0.15, 0.2) is 36.7 Å². The number of aromatic nitrogens is 3. The van der Waals surface area contributed by atoms with Crippen LogP contribution < -0.4 is 20.9 Å². The molecule has 3 aromatic rings. The summed E-state index contributed by atoms with van der Waals surface area (Å²) < 4.78 is 29.9. The van der Waals surface area contributed by atoms with Gasteiger partial charge < -0.3 is 20.4 Å². The van der Waals surface area contributed by atoms with Gasteiger partial charge in [0.25, 0.3) is 0 Å². The maximum absolute atomic E-state index is 14.5. The molecule has 0 saturated carbocycles. The fraction of sp³-hybridized carbons (Fsp3) is 0.400. The van der Waals surface area contributed by atoms with E-state index in [1.165, 1.54) is 21.7 Å². The summed E-state index contributed by atoms with van der Waals surface area (Å²) in [7, 11) is 0. The molecule has 4 amide bonds. The van der Waals surface area contributed by atoms with Crippen LogP contribution in [0, 0.1) is 11.6 Å². The summed E-state index contributed by atoms with van der Waals surface area (Å²) in [4.78, 5) is 45.6. The Bertz CT molecular complexity index is 1450. The number of amides is 4. The summed E-state index contributed by atoms with van der Waals surface area (Å²) in [5, 5.41) is 12.6. The minimum atomic E-state index is -1.01. The van der Waals surface area contributed by atoms with Gasteiger partial charge in [0.05, 0.1) is 12.2 Å². The van der Waals surface area contributed by atoms with E-state index < -0.39 is 29.1 Å². The second kappa shape index (κ2) is 9.31. The van der Waals surface area contributed by atoms with Gasteiger partial charge in [0.2, 0.25) is 11.8 Å². The van der Waals surface area contributed by atoms with E-state index in [9.17, 15) is 23.2 Å². The van der Waals surface area contributed by atoms with Crippen LogP contribution >= 0.6 is 0 Å². The molecule has 3 aliphatic heterocycles. The molecule has 0 radical (unpaired) electrons. The first-order valence-corrected chi connectivity index (χ1v) is 12.5.